The number of rotatable bonds is 3. The molecule has 0 spiro atoms. The number of amides is 1. The normalized spacial score (nSPS) is 14.1. The highest BCUT2D eigenvalue weighted by atomic mass is 16.3. The minimum atomic E-state index is -0.166. The molecular formula is C25H20N6O3. The Labute approximate surface area is 193 Å². The molecule has 0 bridgehead atoms. The lowest BCUT2D eigenvalue weighted by Crippen LogP contribution is -2.49. The van der Waals surface area contributed by atoms with Crippen LogP contribution in [-0.2, 0) is 0 Å². The zero-order valence-electron chi connectivity index (χ0n) is 18.1. The van der Waals surface area contributed by atoms with Gasteiger partial charge in [0.1, 0.15) is 0 Å². The van der Waals surface area contributed by atoms with E-state index in [0.717, 1.165) is 5.56 Å². The number of hydrogen-bond acceptors (Lipinski definition) is 7. The van der Waals surface area contributed by atoms with E-state index in [9.17, 15) is 9.59 Å². The minimum absolute atomic E-state index is 0.119. The van der Waals surface area contributed by atoms with Crippen molar-refractivity contribution in [2.75, 3.05) is 31.1 Å². The van der Waals surface area contributed by atoms with E-state index in [4.69, 9.17) is 4.42 Å². The van der Waals surface area contributed by atoms with Gasteiger partial charge in [-0.3, -0.25) is 14.6 Å². The number of carbonyl (C=O) groups excluding carboxylic acids is 1. The maximum Gasteiger partial charge on any atom is 0.260 e. The monoisotopic (exact) mass is 452 g/mol. The van der Waals surface area contributed by atoms with Gasteiger partial charge in [0.25, 0.3) is 11.5 Å². The van der Waals surface area contributed by atoms with Crippen molar-refractivity contribution in [3.63, 3.8) is 0 Å². The van der Waals surface area contributed by atoms with Crippen LogP contribution in [0.25, 0.3) is 33.6 Å². The van der Waals surface area contributed by atoms with Crippen LogP contribution in [0.3, 0.4) is 0 Å². The van der Waals surface area contributed by atoms with Crippen molar-refractivity contribution in [1.29, 1.82) is 0 Å². The second-order valence-corrected chi connectivity index (χ2v) is 8.12. The molecule has 1 saturated heterocycles. The third-order valence-electron chi connectivity index (χ3n) is 5.98. The molecule has 4 heterocycles. The van der Waals surface area contributed by atoms with Gasteiger partial charge in [0.15, 0.2) is 11.2 Å². The predicted octanol–water partition coefficient (Wildman–Crippen LogP) is 3.09. The summed E-state index contributed by atoms with van der Waals surface area (Å²) in [5.41, 5.74) is 2.73. The van der Waals surface area contributed by atoms with E-state index in [1.807, 2.05) is 53.4 Å². The maximum atomic E-state index is 13.1. The molecule has 0 aliphatic carbocycles. The van der Waals surface area contributed by atoms with E-state index in [1.54, 1.807) is 17.0 Å². The van der Waals surface area contributed by atoms with Gasteiger partial charge in [-0.25, -0.2) is 9.97 Å². The average molecular weight is 452 g/mol. The summed E-state index contributed by atoms with van der Waals surface area (Å²) < 4.78 is 5.86. The number of nitrogens with zero attached hydrogens (tertiary/aromatic N) is 5. The number of pyridine rings is 1. The molecular weight excluding hydrogens is 432 g/mol. The third kappa shape index (κ3) is 3.57. The van der Waals surface area contributed by atoms with Crippen molar-refractivity contribution in [3.05, 3.63) is 82.8 Å². The molecule has 168 valence electrons. The standard InChI is InChI=1S/C25H20N6O3/c32-22-18-8-4-5-9-19(18)27-25(29-22)31-12-10-30(11-13-31)24(33)17-14-20-21(26-15-17)28-23(34-20)16-6-2-1-3-7-16/h1-9,14-15H,10-13H2,(H,27,29,32). The van der Waals surface area contributed by atoms with Crippen LogP contribution in [-0.4, -0.2) is 56.9 Å². The molecule has 9 nitrogen and oxygen atoms in total. The van der Waals surface area contributed by atoms with Crippen molar-refractivity contribution in [2.24, 2.45) is 0 Å². The van der Waals surface area contributed by atoms with Crippen LogP contribution in [0.5, 0.6) is 0 Å². The molecule has 3 aromatic heterocycles. The molecule has 0 unspecified atom stereocenters. The number of carbonyl (C=O) groups is 1. The lowest BCUT2D eigenvalue weighted by Gasteiger charge is -2.35. The van der Waals surface area contributed by atoms with Crippen LogP contribution >= 0.6 is 0 Å². The summed E-state index contributed by atoms with van der Waals surface area (Å²) in [7, 11) is 0. The van der Waals surface area contributed by atoms with E-state index in [2.05, 4.69) is 19.9 Å². The van der Waals surface area contributed by atoms with E-state index >= 15 is 0 Å². The van der Waals surface area contributed by atoms with Crippen molar-refractivity contribution in [2.45, 2.75) is 0 Å². The number of benzene rings is 2. The quantitative estimate of drug-likeness (QED) is 0.448. The van der Waals surface area contributed by atoms with Gasteiger partial charge in [0, 0.05) is 37.9 Å². The Bertz CT molecular complexity index is 1570. The zero-order valence-corrected chi connectivity index (χ0v) is 18.1. The zero-order chi connectivity index (χ0) is 23.1. The Morgan fingerprint density at radius 2 is 1.71 bits per heavy atom. The van der Waals surface area contributed by atoms with Crippen LogP contribution in [0.2, 0.25) is 0 Å². The molecule has 1 N–H and O–H groups in total. The largest absolute Gasteiger partial charge is 0.434 e. The molecule has 1 fully saturated rings. The van der Waals surface area contributed by atoms with Crippen molar-refractivity contribution in [3.8, 4) is 11.5 Å². The fourth-order valence-corrected chi connectivity index (χ4v) is 4.17. The third-order valence-corrected chi connectivity index (χ3v) is 5.98. The number of aromatic amines is 1. The molecule has 5 aromatic rings. The van der Waals surface area contributed by atoms with E-state index in [1.165, 1.54) is 6.20 Å². The summed E-state index contributed by atoms with van der Waals surface area (Å²) in [6.45, 7) is 2.12. The van der Waals surface area contributed by atoms with Crippen LogP contribution in [0, 0.1) is 0 Å². The number of para-hydroxylation sites is 1. The van der Waals surface area contributed by atoms with Crippen molar-refractivity contribution in [1.82, 2.24) is 24.8 Å². The first-order valence-corrected chi connectivity index (χ1v) is 11.0. The summed E-state index contributed by atoms with van der Waals surface area (Å²) in [5.74, 6) is 0.874. The maximum absolute atomic E-state index is 13.1. The second-order valence-electron chi connectivity index (χ2n) is 8.12. The Balaban J connectivity index is 1.19. The molecule has 1 aliphatic rings. The predicted molar refractivity (Wildman–Crippen MR) is 128 cm³/mol. The Morgan fingerprint density at radius 1 is 0.941 bits per heavy atom. The highest BCUT2D eigenvalue weighted by Crippen LogP contribution is 2.24. The van der Waals surface area contributed by atoms with Gasteiger partial charge in [-0.2, -0.15) is 4.98 Å². The highest BCUT2D eigenvalue weighted by molar-refractivity contribution is 5.96. The van der Waals surface area contributed by atoms with Gasteiger partial charge in [0.05, 0.1) is 16.5 Å². The fourth-order valence-electron chi connectivity index (χ4n) is 4.17. The van der Waals surface area contributed by atoms with Crippen LogP contribution in [0.1, 0.15) is 10.4 Å². The highest BCUT2D eigenvalue weighted by Gasteiger charge is 2.24. The van der Waals surface area contributed by atoms with E-state index < -0.39 is 0 Å². The summed E-state index contributed by atoms with van der Waals surface area (Å²) >= 11 is 0. The molecule has 1 amide bonds. The first kappa shape index (κ1) is 20.1. The second kappa shape index (κ2) is 8.11. The summed E-state index contributed by atoms with van der Waals surface area (Å²) in [4.78, 5) is 45.5. The smallest absolute Gasteiger partial charge is 0.260 e. The number of H-pyrrole nitrogens is 1. The number of piperazine rings is 1. The van der Waals surface area contributed by atoms with Crippen LogP contribution in [0.4, 0.5) is 5.95 Å². The van der Waals surface area contributed by atoms with Gasteiger partial charge < -0.3 is 14.2 Å². The number of fused-ring (bicyclic) bond motifs is 2. The van der Waals surface area contributed by atoms with Crippen LogP contribution < -0.4 is 10.5 Å². The summed E-state index contributed by atoms with van der Waals surface area (Å²) in [5, 5.41) is 0.561. The first-order chi connectivity index (χ1) is 16.7. The Kier molecular flexibility index (Phi) is 4.80. The van der Waals surface area contributed by atoms with Gasteiger partial charge >= 0.3 is 0 Å². The van der Waals surface area contributed by atoms with E-state index in [-0.39, 0.29) is 11.5 Å². The number of anilines is 1. The van der Waals surface area contributed by atoms with Gasteiger partial charge in [0.2, 0.25) is 11.8 Å². The summed E-state index contributed by atoms with van der Waals surface area (Å²) in [6.07, 6.45) is 1.54. The number of aromatic nitrogens is 4. The molecule has 1 aliphatic heterocycles. The molecule has 9 heteroatoms. The lowest BCUT2D eigenvalue weighted by atomic mass is 10.2. The number of oxazole rings is 1. The number of nitrogens with one attached hydrogen (secondary N) is 1. The molecule has 0 atom stereocenters. The molecule has 34 heavy (non-hydrogen) atoms. The number of hydrogen-bond donors (Lipinski definition) is 1. The van der Waals surface area contributed by atoms with Crippen molar-refractivity contribution >= 4 is 34.0 Å². The average Bonchev–Trinajstić information content (AvgIpc) is 3.32. The van der Waals surface area contributed by atoms with Gasteiger partial charge in [-0.1, -0.05) is 30.3 Å². The molecule has 2 aromatic carbocycles. The van der Waals surface area contributed by atoms with Gasteiger partial charge in [-0.05, 0) is 30.3 Å². The first-order valence-electron chi connectivity index (χ1n) is 11.0. The van der Waals surface area contributed by atoms with Crippen molar-refractivity contribution < 1.29 is 9.21 Å². The Morgan fingerprint density at radius 3 is 2.53 bits per heavy atom. The van der Waals surface area contributed by atoms with Crippen LogP contribution in [0.15, 0.2) is 76.1 Å². The fraction of sp³-hybridized carbons (Fsp3) is 0.160. The molecule has 0 saturated carbocycles. The molecule has 0 radical (unpaired) electrons. The summed E-state index contributed by atoms with van der Waals surface area (Å²) in [6, 6.07) is 18.5. The molecule has 6 rings (SSSR count). The topological polar surface area (TPSA) is 108 Å². The van der Waals surface area contributed by atoms with Gasteiger partial charge in [-0.15, -0.1) is 0 Å². The SMILES string of the molecule is O=C(c1cnc2nc(-c3ccccc3)oc2c1)N1CCN(c2nc3ccccc3c(=O)[nH]2)CC1. The van der Waals surface area contributed by atoms with E-state index in [0.29, 0.717) is 65.7 Å². The Hall–Kier alpha value is -4.53. The lowest BCUT2D eigenvalue weighted by molar-refractivity contribution is 0.0746. The minimum Gasteiger partial charge on any atom is -0.434 e.